The minimum absolute atomic E-state index is 0.799. The molecule has 0 saturated carbocycles. The molecule has 1 aliphatic carbocycles. The van der Waals surface area contributed by atoms with Gasteiger partial charge in [-0.25, -0.2) is 0 Å². The van der Waals surface area contributed by atoms with Gasteiger partial charge < -0.3 is 4.74 Å². The molecule has 0 bridgehead atoms. The van der Waals surface area contributed by atoms with Crippen molar-refractivity contribution in [1.29, 1.82) is 0 Å². The molecule has 0 aromatic heterocycles. The van der Waals surface area contributed by atoms with Crippen molar-refractivity contribution in [3.63, 3.8) is 0 Å². The first-order valence-electron chi connectivity index (χ1n) is 6.33. The molecular formula is C13H25NO. The zero-order valence-corrected chi connectivity index (χ0v) is 10.5. The number of nitrogens with zero attached hydrogens (tertiary/aromatic N) is 1. The van der Waals surface area contributed by atoms with Crippen LogP contribution in [0.25, 0.3) is 0 Å². The Morgan fingerprint density at radius 3 is 2.47 bits per heavy atom. The van der Waals surface area contributed by atoms with E-state index in [1.54, 1.807) is 5.57 Å². The topological polar surface area (TPSA) is 12.5 Å². The fourth-order valence-corrected chi connectivity index (χ4v) is 2.23. The number of hydrogen-bond acceptors (Lipinski definition) is 2. The maximum absolute atomic E-state index is 5.35. The number of hydrogen-bond donors (Lipinski definition) is 0. The van der Waals surface area contributed by atoms with E-state index in [1.165, 1.54) is 19.3 Å². The zero-order chi connectivity index (χ0) is 11.1. The molecule has 2 nitrogen and oxygen atoms in total. The van der Waals surface area contributed by atoms with E-state index in [2.05, 4.69) is 17.9 Å². The van der Waals surface area contributed by atoms with Crippen LogP contribution in [0.3, 0.4) is 0 Å². The van der Waals surface area contributed by atoms with Crippen LogP contribution in [0.5, 0.6) is 0 Å². The van der Waals surface area contributed by atoms with Crippen molar-refractivity contribution in [2.75, 3.05) is 26.3 Å². The van der Waals surface area contributed by atoms with Crippen molar-refractivity contribution in [2.24, 2.45) is 0 Å². The fourth-order valence-electron chi connectivity index (χ4n) is 2.23. The standard InChI is InChI=1S/C11H19NO.C2H6/c1-10-2-4-11(5-3-10)12-6-8-13-9-7-12;1-2/h2,11H,3-9H2,1H3;1-2H3. The molecule has 0 amide bonds. The van der Waals surface area contributed by atoms with Crippen molar-refractivity contribution in [3.05, 3.63) is 11.6 Å². The quantitative estimate of drug-likeness (QED) is 0.618. The molecule has 2 aliphatic rings. The Morgan fingerprint density at radius 2 is 1.93 bits per heavy atom. The van der Waals surface area contributed by atoms with Gasteiger partial charge in [-0.2, -0.15) is 0 Å². The highest BCUT2D eigenvalue weighted by atomic mass is 16.5. The Hall–Kier alpha value is -0.340. The van der Waals surface area contributed by atoms with Crippen LogP contribution in [0.1, 0.15) is 40.0 Å². The molecule has 0 aromatic rings. The van der Waals surface area contributed by atoms with Crippen molar-refractivity contribution >= 4 is 0 Å². The minimum Gasteiger partial charge on any atom is -0.379 e. The molecule has 0 radical (unpaired) electrons. The van der Waals surface area contributed by atoms with E-state index in [-0.39, 0.29) is 0 Å². The SMILES string of the molecule is CC.CC1=CCC(N2CCOCC2)CC1. The van der Waals surface area contributed by atoms with Gasteiger partial charge in [0.1, 0.15) is 0 Å². The monoisotopic (exact) mass is 211 g/mol. The van der Waals surface area contributed by atoms with Gasteiger partial charge in [-0.3, -0.25) is 4.90 Å². The number of allylic oxidation sites excluding steroid dienone is 1. The summed E-state index contributed by atoms with van der Waals surface area (Å²) >= 11 is 0. The second-order valence-electron chi connectivity index (χ2n) is 4.13. The molecule has 0 N–H and O–H groups in total. The summed E-state index contributed by atoms with van der Waals surface area (Å²) in [6, 6.07) is 0.799. The van der Waals surface area contributed by atoms with Gasteiger partial charge in [-0.15, -0.1) is 0 Å². The molecule has 1 fully saturated rings. The normalized spacial score (nSPS) is 27.7. The molecule has 1 saturated heterocycles. The Balaban J connectivity index is 0.000000531. The molecule has 2 rings (SSSR count). The Morgan fingerprint density at radius 1 is 1.27 bits per heavy atom. The Labute approximate surface area is 94.3 Å². The summed E-state index contributed by atoms with van der Waals surface area (Å²) in [4.78, 5) is 2.59. The lowest BCUT2D eigenvalue weighted by Crippen LogP contribution is -2.43. The fraction of sp³-hybridized carbons (Fsp3) is 0.846. The largest absolute Gasteiger partial charge is 0.379 e. The van der Waals surface area contributed by atoms with Gasteiger partial charge in [0, 0.05) is 19.1 Å². The van der Waals surface area contributed by atoms with Gasteiger partial charge in [0.05, 0.1) is 13.2 Å². The third-order valence-corrected chi connectivity index (χ3v) is 3.17. The summed E-state index contributed by atoms with van der Waals surface area (Å²) in [5.41, 5.74) is 1.57. The van der Waals surface area contributed by atoms with Crippen LogP contribution < -0.4 is 0 Å². The van der Waals surface area contributed by atoms with E-state index in [9.17, 15) is 0 Å². The molecule has 1 unspecified atom stereocenters. The van der Waals surface area contributed by atoms with Gasteiger partial charge >= 0.3 is 0 Å². The van der Waals surface area contributed by atoms with E-state index in [1.807, 2.05) is 13.8 Å². The maximum Gasteiger partial charge on any atom is 0.0594 e. The molecule has 15 heavy (non-hydrogen) atoms. The highest BCUT2D eigenvalue weighted by Crippen LogP contribution is 2.22. The van der Waals surface area contributed by atoms with Crippen LogP contribution in [0.15, 0.2) is 11.6 Å². The summed E-state index contributed by atoms with van der Waals surface area (Å²) in [6.07, 6.45) is 6.31. The average molecular weight is 211 g/mol. The average Bonchev–Trinajstić information content (AvgIpc) is 2.34. The first-order chi connectivity index (χ1) is 7.36. The van der Waals surface area contributed by atoms with Gasteiger partial charge in [-0.1, -0.05) is 25.5 Å². The summed E-state index contributed by atoms with van der Waals surface area (Å²) in [6.45, 7) is 10.4. The third kappa shape index (κ3) is 3.96. The van der Waals surface area contributed by atoms with Gasteiger partial charge in [0.2, 0.25) is 0 Å². The highest BCUT2D eigenvalue weighted by Gasteiger charge is 2.21. The third-order valence-electron chi connectivity index (χ3n) is 3.17. The first kappa shape index (κ1) is 12.7. The lowest BCUT2D eigenvalue weighted by Gasteiger charge is -2.35. The zero-order valence-electron chi connectivity index (χ0n) is 10.5. The van der Waals surface area contributed by atoms with E-state index in [4.69, 9.17) is 4.74 Å². The lowest BCUT2D eigenvalue weighted by atomic mass is 9.95. The van der Waals surface area contributed by atoms with E-state index < -0.39 is 0 Å². The van der Waals surface area contributed by atoms with Crippen LogP contribution in [-0.2, 0) is 4.74 Å². The molecule has 1 heterocycles. The molecular weight excluding hydrogens is 186 g/mol. The highest BCUT2D eigenvalue weighted by molar-refractivity contribution is 5.05. The van der Waals surface area contributed by atoms with E-state index in [0.717, 1.165) is 32.3 Å². The van der Waals surface area contributed by atoms with Crippen LogP contribution >= 0.6 is 0 Å². The van der Waals surface area contributed by atoms with Crippen LogP contribution in [0.4, 0.5) is 0 Å². The Bertz CT molecular complexity index is 195. The molecule has 0 spiro atoms. The first-order valence-corrected chi connectivity index (χ1v) is 6.33. The minimum atomic E-state index is 0.799. The summed E-state index contributed by atoms with van der Waals surface area (Å²) in [7, 11) is 0. The maximum atomic E-state index is 5.35. The van der Waals surface area contributed by atoms with Gasteiger partial charge in [0.15, 0.2) is 0 Å². The van der Waals surface area contributed by atoms with Crippen molar-refractivity contribution in [2.45, 2.75) is 46.1 Å². The van der Waals surface area contributed by atoms with Crippen LogP contribution in [0, 0.1) is 0 Å². The second-order valence-corrected chi connectivity index (χ2v) is 4.13. The van der Waals surface area contributed by atoms with E-state index >= 15 is 0 Å². The Kier molecular flexibility index (Phi) is 5.96. The van der Waals surface area contributed by atoms with Crippen LogP contribution in [0.2, 0.25) is 0 Å². The smallest absolute Gasteiger partial charge is 0.0594 e. The van der Waals surface area contributed by atoms with E-state index in [0.29, 0.717) is 0 Å². The molecule has 1 atom stereocenters. The summed E-state index contributed by atoms with van der Waals surface area (Å²) in [5, 5.41) is 0. The van der Waals surface area contributed by atoms with Gasteiger partial charge in [-0.05, 0) is 26.2 Å². The number of rotatable bonds is 1. The summed E-state index contributed by atoms with van der Waals surface area (Å²) < 4.78 is 5.35. The molecule has 1 aliphatic heterocycles. The molecule has 0 aromatic carbocycles. The van der Waals surface area contributed by atoms with Crippen molar-refractivity contribution in [3.8, 4) is 0 Å². The predicted octanol–water partition coefficient (Wildman–Crippen LogP) is 2.84. The van der Waals surface area contributed by atoms with Gasteiger partial charge in [0.25, 0.3) is 0 Å². The molecule has 88 valence electrons. The number of morpholine rings is 1. The van der Waals surface area contributed by atoms with Crippen molar-refractivity contribution < 1.29 is 4.74 Å². The number of ether oxygens (including phenoxy) is 1. The van der Waals surface area contributed by atoms with Crippen LogP contribution in [-0.4, -0.2) is 37.2 Å². The lowest BCUT2D eigenvalue weighted by molar-refractivity contribution is 0.0145. The second kappa shape index (κ2) is 7.02. The predicted molar refractivity (Wildman–Crippen MR) is 65.1 cm³/mol. The summed E-state index contributed by atoms with van der Waals surface area (Å²) in [5.74, 6) is 0. The molecule has 2 heteroatoms. The van der Waals surface area contributed by atoms with Crippen molar-refractivity contribution in [1.82, 2.24) is 4.90 Å².